The van der Waals surface area contributed by atoms with Gasteiger partial charge >= 0.3 is 0 Å². The Morgan fingerprint density at radius 1 is 1.29 bits per heavy atom. The summed E-state index contributed by atoms with van der Waals surface area (Å²) in [7, 11) is 0. The number of hydrogen-bond acceptors (Lipinski definition) is 4. The first-order valence-corrected chi connectivity index (χ1v) is 7.62. The molecule has 1 fully saturated rings. The van der Waals surface area contributed by atoms with E-state index in [9.17, 15) is 8.78 Å². The van der Waals surface area contributed by atoms with Gasteiger partial charge in [-0.2, -0.15) is 0 Å². The van der Waals surface area contributed by atoms with Gasteiger partial charge in [-0.05, 0) is 26.2 Å². The van der Waals surface area contributed by atoms with Crippen LogP contribution < -0.4 is 10.2 Å². The van der Waals surface area contributed by atoms with Crippen molar-refractivity contribution in [3.63, 3.8) is 0 Å². The first kappa shape index (κ1) is 15.9. The smallest absolute Gasteiger partial charge is 0.168 e. The molecule has 2 heterocycles. The molecule has 0 aromatic carbocycles. The lowest BCUT2D eigenvalue weighted by Crippen LogP contribution is -2.38. The summed E-state index contributed by atoms with van der Waals surface area (Å²) in [5, 5.41) is 2.89. The van der Waals surface area contributed by atoms with Crippen LogP contribution in [0.5, 0.6) is 0 Å². The van der Waals surface area contributed by atoms with Crippen molar-refractivity contribution < 1.29 is 13.5 Å². The minimum absolute atomic E-state index is 0.125. The maximum atomic E-state index is 14.0. The van der Waals surface area contributed by atoms with Gasteiger partial charge in [-0.1, -0.05) is 6.92 Å². The standard InChI is InChI=1S/C15H23F2N3O/c1-3-7-18-14-12(16)10-13(17)15(19-14)20-8-5-11(6-9-20)21-4-2/h10-11H,3-9H2,1-2H3,(H,18,19). The number of nitrogens with zero attached hydrogens (tertiary/aromatic N) is 2. The Labute approximate surface area is 124 Å². The Bertz CT molecular complexity index is 462. The number of nitrogens with one attached hydrogen (secondary N) is 1. The second-order valence-corrected chi connectivity index (χ2v) is 5.19. The Morgan fingerprint density at radius 3 is 2.62 bits per heavy atom. The van der Waals surface area contributed by atoms with Crippen molar-refractivity contribution >= 4 is 11.6 Å². The van der Waals surface area contributed by atoms with E-state index in [0.717, 1.165) is 25.3 Å². The van der Waals surface area contributed by atoms with Gasteiger partial charge in [-0.15, -0.1) is 0 Å². The topological polar surface area (TPSA) is 37.4 Å². The molecule has 0 radical (unpaired) electrons. The highest BCUT2D eigenvalue weighted by Crippen LogP contribution is 2.25. The molecule has 0 saturated carbocycles. The van der Waals surface area contributed by atoms with Crippen LogP contribution in [0.15, 0.2) is 6.07 Å². The van der Waals surface area contributed by atoms with Gasteiger partial charge in [0.1, 0.15) is 0 Å². The van der Waals surface area contributed by atoms with E-state index in [1.54, 1.807) is 0 Å². The predicted octanol–water partition coefficient (Wildman–Crippen LogP) is 3.19. The average Bonchev–Trinajstić information content (AvgIpc) is 2.48. The summed E-state index contributed by atoms with van der Waals surface area (Å²) in [5.41, 5.74) is 0. The van der Waals surface area contributed by atoms with Crippen molar-refractivity contribution in [1.29, 1.82) is 0 Å². The maximum Gasteiger partial charge on any atom is 0.168 e. The average molecular weight is 299 g/mol. The van der Waals surface area contributed by atoms with E-state index >= 15 is 0 Å². The minimum Gasteiger partial charge on any atom is -0.378 e. The van der Waals surface area contributed by atoms with Crippen LogP contribution in [-0.2, 0) is 4.74 Å². The highest BCUT2D eigenvalue weighted by Gasteiger charge is 2.23. The van der Waals surface area contributed by atoms with E-state index in [0.29, 0.717) is 26.2 Å². The van der Waals surface area contributed by atoms with Crippen LogP contribution in [0.1, 0.15) is 33.1 Å². The maximum absolute atomic E-state index is 14.0. The molecule has 21 heavy (non-hydrogen) atoms. The molecule has 2 rings (SSSR count). The van der Waals surface area contributed by atoms with Crippen LogP contribution in [0.3, 0.4) is 0 Å². The third-order valence-electron chi connectivity index (χ3n) is 3.60. The lowest BCUT2D eigenvalue weighted by molar-refractivity contribution is 0.0457. The highest BCUT2D eigenvalue weighted by atomic mass is 19.1. The molecule has 0 spiro atoms. The summed E-state index contributed by atoms with van der Waals surface area (Å²) < 4.78 is 33.2. The summed E-state index contributed by atoms with van der Waals surface area (Å²) in [6, 6.07) is 0.912. The zero-order chi connectivity index (χ0) is 15.2. The van der Waals surface area contributed by atoms with Crippen LogP contribution in [0.25, 0.3) is 0 Å². The van der Waals surface area contributed by atoms with Crippen LogP contribution in [0.4, 0.5) is 20.4 Å². The molecule has 0 aliphatic carbocycles. The van der Waals surface area contributed by atoms with Crippen molar-refractivity contribution in [3.8, 4) is 0 Å². The molecule has 0 amide bonds. The molecule has 118 valence electrons. The van der Waals surface area contributed by atoms with E-state index in [4.69, 9.17) is 4.74 Å². The second-order valence-electron chi connectivity index (χ2n) is 5.19. The summed E-state index contributed by atoms with van der Waals surface area (Å²) in [4.78, 5) is 5.99. The predicted molar refractivity (Wildman–Crippen MR) is 79.8 cm³/mol. The van der Waals surface area contributed by atoms with Gasteiger partial charge in [0.15, 0.2) is 23.3 Å². The van der Waals surface area contributed by atoms with Gasteiger partial charge in [-0.25, -0.2) is 13.8 Å². The zero-order valence-electron chi connectivity index (χ0n) is 12.7. The molecule has 1 N–H and O–H groups in total. The molecular formula is C15H23F2N3O. The van der Waals surface area contributed by atoms with Gasteiger partial charge in [0.05, 0.1) is 6.10 Å². The van der Waals surface area contributed by atoms with Crippen molar-refractivity contribution in [1.82, 2.24) is 4.98 Å². The lowest BCUT2D eigenvalue weighted by atomic mass is 10.1. The molecule has 0 bridgehead atoms. The van der Waals surface area contributed by atoms with Crippen molar-refractivity contribution in [2.45, 2.75) is 39.2 Å². The summed E-state index contributed by atoms with van der Waals surface area (Å²) >= 11 is 0. The fourth-order valence-corrected chi connectivity index (χ4v) is 2.52. The molecule has 1 aliphatic heterocycles. The van der Waals surface area contributed by atoms with E-state index < -0.39 is 11.6 Å². The fourth-order valence-electron chi connectivity index (χ4n) is 2.52. The SMILES string of the molecule is CCCNc1nc(N2CCC(OCC)CC2)c(F)cc1F. The van der Waals surface area contributed by atoms with Crippen LogP contribution in [0.2, 0.25) is 0 Å². The van der Waals surface area contributed by atoms with Crippen LogP contribution >= 0.6 is 0 Å². The number of rotatable bonds is 6. The number of hydrogen-bond donors (Lipinski definition) is 1. The Morgan fingerprint density at radius 2 is 2.00 bits per heavy atom. The van der Waals surface area contributed by atoms with Gasteiger partial charge < -0.3 is 15.0 Å². The van der Waals surface area contributed by atoms with E-state index in [1.807, 2.05) is 18.7 Å². The van der Waals surface area contributed by atoms with E-state index in [2.05, 4.69) is 10.3 Å². The number of ether oxygens (including phenoxy) is 1. The number of piperidine rings is 1. The molecule has 1 saturated heterocycles. The number of anilines is 2. The third kappa shape index (κ3) is 4.03. The number of aromatic nitrogens is 1. The van der Waals surface area contributed by atoms with Crippen molar-refractivity contribution in [3.05, 3.63) is 17.7 Å². The van der Waals surface area contributed by atoms with Crippen molar-refractivity contribution in [2.75, 3.05) is 36.5 Å². The number of pyridine rings is 1. The molecular weight excluding hydrogens is 276 g/mol. The van der Waals surface area contributed by atoms with Gasteiger partial charge in [0, 0.05) is 32.3 Å². The zero-order valence-corrected chi connectivity index (χ0v) is 12.7. The number of halogens is 2. The van der Waals surface area contributed by atoms with Crippen molar-refractivity contribution in [2.24, 2.45) is 0 Å². The van der Waals surface area contributed by atoms with Gasteiger partial charge in [0.2, 0.25) is 0 Å². The molecule has 0 unspecified atom stereocenters. The summed E-state index contributed by atoms with van der Waals surface area (Å²) in [6.45, 7) is 6.61. The Balaban J connectivity index is 2.09. The normalized spacial score (nSPS) is 16.3. The third-order valence-corrected chi connectivity index (χ3v) is 3.60. The molecule has 1 aliphatic rings. The lowest BCUT2D eigenvalue weighted by Gasteiger charge is -2.32. The Kier molecular flexibility index (Phi) is 5.73. The fraction of sp³-hybridized carbons (Fsp3) is 0.667. The summed E-state index contributed by atoms with van der Waals surface area (Å²) in [5.74, 6) is -0.900. The molecule has 1 aromatic heterocycles. The van der Waals surface area contributed by atoms with Crippen LogP contribution in [-0.4, -0.2) is 37.3 Å². The summed E-state index contributed by atoms with van der Waals surface area (Å²) in [6.07, 6.45) is 2.76. The van der Waals surface area contributed by atoms with Gasteiger partial charge in [0.25, 0.3) is 0 Å². The van der Waals surface area contributed by atoms with Crippen LogP contribution in [0, 0.1) is 11.6 Å². The highest BCUT2D eigenvalue weighted by molar-refractivity contribution is 5.49. The van der Waals surface area contributed by atoms with Gasteiger partial charge in [-0.3, -0.25) is 0 Å². The quantitative estimate of drug-likeness (QED) is 0.875. The monoisotopic (exact) mass is 299 g/mol. The molecule has 6 heteroatoms. The molecule has 4 nitrogen and oxygen atoms in total. The molecule has 1 aromatic rings. The first-order chi connectivity index (χ1) is 10.2. The van der Waals surface area contributed by atoms with E-state index in [1.165, 1.54) is 0 Å². The second kappa shape index (κ2) is 7.54. The van der Waals surface area contributed by atoms with E-state index in [-0.39, 0.29) is 17.7 Å². The Hall–Kier alpha value is -1.43. The first-order valence-electron chi connectivity index (χ1n) is 7.62. The molecule has 0 atom stereocenters. The largest absolute Gasteiger partial charge is 0.378 e. The minimum atomic E-state index is -0.645.